The second-order valence-electron chi connectivity index (χ2n) is 13.9. The van der Waals surface area contributed by atoms with Gasteiger partial charge in [-0.3, -0.25) is 14.5 Å². The summed E-state index contributed by atoms with van der Waals surface area (Å²) < 4.78 is 57.7. The standard InChI is InChI=1S/C33H46ClN5O4S.C2HF3O2/c1-24(2)22-33(12-14-39(15-13-33)44(3,42)43)38-18-16-37(17-19-38)32(41)30(20-25-8-10-27(34)11-9-25)36-31(40)21-29-28-7-5-4-6-26(28)23-35-29;3-2(4,5)1(6)7/h4-11,24,29-30,35H,12-23H2,1-3H3,(H,36,40);(H,6,7)/t29?,30-;/m1./s1. The highest BCUT2D eigenvalue weighted by molar-refractivity contribution is 7.88. The molecule has 3 N–H and O–H groups in total. The summed E-state index contributed by atoms with van der Waals surface area (Å²) >= 11 is 6.11. The summed E-state index contributed by atoms with van der Waals surface area (Å²) in [6.07, 6.45) is -0.576. The van der Waals surface area contributed by atoms with Crippen molar-refractivity contribution in [2.75, 3.05) is 45.5 Å². The van der Waals surface area contributed by atoms with Crippen molar-refractivity contribution in [1.29, 1.82) is 0 Å². The SMILES string of the molecule is CC(C)CC1(N2CCN(C(=O)[C@@H](Cc3ccc(Cl)cc3)NC(=O)CC3NCc4ccccc43)CC2)CCN(S(C)(=O)=O)CC1.O=C(O)C(F)(F)F. The van der Waals surface area contributed by atoms with Crippen molar-refractivity contribution in [2.24, 2.45) is 5.92 Å². The summed E-state index contributed by atoms with van der Waals surface area (Å²) in [5.74, 6) is -2.51. The molecule has 2 aromatic rings. The molecule has 16 heteroatoms. The minimum Gasteiger partial charge on any atom is -0.475 e. The van der Waals surface area contributed by atoms with Crippen LogP contribution in [0.4, 0.5) is 13.2 Å². The average Bonchev–Trinajstić information content (AvgIpc) is 3.47. The summed E-state index contributed by atoms with van der Waals surface area (Å²) in [4.78, 5) is 40.6. The minimum absolute atomic E-state index is 0.0717. The van der Waals surface area contributed by atoms with Crippen molar-refractivity contribution < 1.29 is 41.1 Å². The second kappa shape index (κ2) is 17.1. The lowest BCUT2D eigenvalue weighted by atomic mass is 9.79. The van der Waals surface area contributed by atoms with Crippen LogP contribution in [-0.2, 0) is 37.4 Å². The van der Waals surface area contributed by atoms with Gasteiger partial charge >= 0.3 is 12.1 Å². The Labute approximate surface area is 302 Å². The zero-order chi connectivity index (χ0) is 37.6. The molecule has 3 aliphatic rings. The van der Waals surface area contributed by atoms with Crippen LogP contribution in [0.25, 0.3) is 0 Å². The number of carbonyl (C=O) groups excluding carboxylic acids is 2. The van der Waals surface area contributed by atoms with Crippen molar-refractivity contribution in [3.05, 3.63) is 70.2 Å². The van der Waals surface area contributed by atoms with E-state index in [4.69, 9.17) is 21.5 Å². The molecule has 2 fully saturated rings. The third-order valence-electron chi connectivity index (χ3n) is 9.76. The van der Waals surface area contributed by atoms with E-state index >= 15 is 0 Å². The number of rotatable bonds is 10. The topological polar surface area (TPSA) is 139 Å². The van der Waals surface area contributed by atoms with E-state index in [2.05, 4.69) is 41.5 Å². The number of benzene rings is 2. The van der Waals surface area contributed by atoms with Gasteiger partial charge in [-0.05, 0) is 54.0 Å². The smallest absolute Gasteiger partial charge is 0.475 e. The Bertz CT molecular complexity index is 1630. The van der Waals surface area contributed by atoms with Crippen LogP contribution in [0.1, 0.15) is 62.3 Å². The Morgan fingerprint density at radius 2 is 1.59 bits per heavy atom. The van der Waals surface area contributed by atoms with Gasteiger partial charge in [0.25, 0.3) is 0 Å². The average molecular weight is 758 g/mol. The van der Waals surface area contributed by atoms with Crippen LogP contribution in [0, 0.1) is 5.92 Å². The number of hydrogen-bond donors (Lipinski definition) is 3. The maximum absolute atomic E-state index is 14.0. The number of alkyl halides is 3. The molecule has 3 heterocycles. The van der Waals surface area contributed by atoms with Crippen LogP contribution in [0.15, 0.2) is 48.5 Å². The number of nitrogens with one attached hydrogen (secondary N) is 2. The van der Waals surface area contributed by atoms with E-state index in [-0.39, 0.29) is 29.8 Å². The number of aliphatic carboxylic acids is 1. The molecule has 5 rings (SSSR count). The van der Waals surface area contributed by atoms with Crippen molar-refractivity contribution in [1.82, 2.24) is 24.7 Å². The Kier molecular flexibility index (Phi) is 13.6. The van der Waals surface area contributed by atoms with Gasteiger partial charge in [0.2, 0.25) is 21.8 Å². The zero-order valence-corrected chi connectivity index (χ0v) is 30.7. The van der Waals surface area contributed by atoms with Crippen LogP contribution >= 0.6 is 11.6 Å². The van der Waals surface area contributed by atoms with Gasteiger partial charge in [0.05, 0.1) is 6.26 Å². The first-order valence-electron chi connectivity index (χ1n) is 17.0. The highest BCUT2D eigenvalue weighted by Gasteiger charge is 2.43. The number of nitrogens with zero attached hydrogens (tertiary/aromatic N) is 3. The monoisotopic (exact) mass is 757 g/mol. The fraction of sp³-hybridized carbons (Fsp3) is 0.571. The molecular formula is C35H47ClF3N5O6S. The number of hydrogen-bond acceptors (Lipinski definition) is 7. The summed E-state index contributed by atoms with van der Waals surface area (Å²) in [5.41, 5.74) is 3.20. The fourth-order valence-electron chi connectivity index (χ4n) is 7.32. The summed E-state index contributed by atoms with van der Waals surface area (Å²) in [7, 11) is -3.21. The number of halogens is 4. The van der Waals surface area contributed by atoms with Gasteiger partial charge in [-0.2, -0.15) is 13.2 Å². The molecule has 2 aromatic carbocycles. The second-order valence-corrected chi connectivity index (χ2v) is 16.3. The summed E-state index contributed by atoms with van der Waals surface area (Å²) in [6.45, 7) is 8.81. The first-order chi connectivity index (χ1) is 23.9. The molecule has 2 amide bonds. The highest BCUT2D eigenvalue weighted by atomic mass is 35.5. The summed E-state index contributed by atoms with van der Waals surface area (Å²) in [5, 5.41) is 14.3. The molecule has 0 aliphatic carbocycles. The molecule has 0 saturated carbocycles. The van der Waals surface area contributed by atoms with Gasteiger partial charge in [-0.1, -0.05) is 61.8 Å². The lowest BCUT2D eigenvalue weighted by Gasteiger charge is -2.52. The number of carboxylic acids is 1. The fourth-order valence-corrected chi connectivity index (χ4v) is 8.29. The number of fused-ring (bicyclic) bond motifs is 1. The molecule has 1 unspecified atom stereocenters. The first kappa shape index (κ1) is 40.5. The number of carbonyl (C=O) groups is 3. The Hall–Kier alpha value is -3.24. The molecule has 0 radical (unpaired) electrons. The number of carboxylic acid groups (broad SMARTS) is 1. The maximum Gasteiger partial charge on any atom is 0.490 e. The lowest BCUT2D eigenvalue weighted by molar-refractivity contribution is -0.192. The molecule has 282 valence electrons. The van der Waals surface area contributed by atoms with Gasteiger partial charge in [0.15, 0.2) is 0 Å². The molecule has 3 aliphatic heterocycles. The largest absolute Gasteiger partial charge is 0.490 e. The predicted octanol–water partition coefficient (Wildman–Crippen LogP) is 4.22. The third-order valence-corrected chi connectivity index (χ3v) is 11.3. The Morgan fingerprint density at radius 1 is 1.00 bits per heavy atom. The normalized spacial score (nSPS) is 20.2. The Morgan fingerprint density at radius 3 is 2.14 bits per heavy atom. The number of piperidine rings is 1. The van der Waals surface area contributed by atoms with Crippen LogP contribution in [-0.4, -0.2) is 109 Å². The van der Waals surface area contributed by atoms with Crippen LogP contribution < -0.4 is 10.6 Å². The lowest BCUT2D eigenvalue weighted by Crippen LogP contribution is -2.63. The van der Waals surface area contributed by atoms with E-state index in [1.807, 2.05) is 41.3 Å². The molecule has 0 spiro atoms. The molecule has 2 atom stereocenters. The van der Waals surface area contributed by atoms with Crippen molar-refractivity contribution >= 4 is 39.4 Å². The van der Waals surface area contributed by atoms with Crippen LogP contribution in [0.5, 0.6) is 0 Å². The van der Waals surface area contributed by atoms with E-state index in [0.29, 0.717) is 43.5 Å². The van der Waals surface area contributed by atoms with Crippen LogP contribution in [0.2, 0.25) is 5.02 Å². The van der Waals surface area contributed by atoms with Gasteiger partial charge in [-0.25, -0.2) is 17.5 Å². The third kappa shape index (κ3) is 11.1. The Balaban J connectivity index is 0.000000755. The zero-order valence-electron chi connectivity index (χ0n) is 29.1. The number of piperazine rings is 1. The van der Waals surface area contributed by atoms with E-state index in [1.54, 1.807) is 4.31 Å². The van der Waals surface area contributed by atoms with Crippen molar-refractivity contribution in [2.45, 2.75) is 76.3 Å². The minimum atomic E-state index is -5.08. The first-order valence-corrected chi connectivity index (χ1v) is 19.2. The maximum atomic E-state index is 14.0. The quantitative estimate of drug-likeness (QED) is 0.328. The highest BCUT2D eigenvalue weighted by Crippen LogP contribution is 2.36. The van der Waals surface area contributed by atoms with E-state index in [0.717, 1.165) is 50.0 Å². The van der Waals surface area contributed by atoms with Gasteiger partial charge in [0, 0.05) is 75.3 Å². The van der Waals surface area contributed by atoms with Gasteiger partial charge in [0.1, 0.15) is 6.04 Å². The molecule has 51 heavy (non-hydrogen) atoms. The summed E-state index contributed by atoms with van der Waals surface area (Å²) in [6, 6.07) is 14.8. The predicted molar refractivity (Wildman–Crippen MR) is 187 cm³/mol. The molecular weight excluding hydrogens is 711 g/mol. The van der Waals surface area contributed by atoms with E-state index < -0.39 is 28.2 Å². The molecule has 11 nitrogen and oxygen atoms in total. The van der Waals surface area contributed by atoms with Gasteiger partial charge < -0.3 is 20.6 Å². The van der Waals surface area contributed by atoms with E-state index in [1.165, 1.54) is 11.8 Å². The van der Waals surface area contributed by atoms with Crippen LogP contribution in [0.3, 0.4) is 0 Å². The number of sulfonamides is 1. The molecule has 0 bridgehead atoms. The van der Waals surface area contributed by atoms with Crippen molar-refractivity contribution in [3.8, 4) is 0 Å². The number of amides is 2. The van der Waals surface area contributed by atoms with Crippen molar-refractivity contribution in [3.63, 3.8) is 0 Å². The molecule has 2 saturated heterocycles. The molecule has 0 aromatic heterocycles. The van der Waals surface area contributed by atoms with Gasteiger partial charge in [-0.15, -0.1) is 0 Å². The van der Waals surface area contributed by atoms with E-state index in [9.17, 15) is 31.2 Å².